The number of nitrogens with two attached hydrogens (primary N) is 1. The molecule has 7 heteroatoms. The topological polar surface area (TPSA) is 76.8 Å². The van der Waals surface area contributed by atoms with Gasteiger partial charge < -0.3 is 19.8 Å². The maximum absolute atomic E-state index is 13.3. The van der Waals surface area contributed by atoms with Crippen LogP contribution in [0.3, 0.4) is 0 Å². The summed E-state index contributed by atoms with van der Waals surface area (Å²) in [6, 6.07) is 10.1. The molecule has 1 aromatic carbocycles. The number of carbonyl (C=O) groups excluding carboxylic acids is 2. The fraction of sp³-hybridized carbons (Fsp3) is 0.217. The Morgan fingerprint density at radius 3 is 2.73 bits per heavy atom. The summed E-state index contributed by atoms with van der Waals surface area (Å²) in [6.45, 7) is 7.41. The lowest BCUT2D eigenvalue weighted by Crippen LogP contribution is -2.86. The normalized spacial score (nSPS) is 13.9. The molecule has 2 aromatic heterocycles. The third kappa shape index (κ3) is 3.94. The molecule has 4 rings (SSSR count). The van der Waals surface area contributed by atoms with Gasteiger partial charge in [0.15, 0.2) is 22.2 Å². The molecule has 0 saturated carbocycles. The van der Waals surface area contributed by atoms with Gasteiger partial charge >= 0.3 is 6.09 Å². The van der Waals surface area contributed by atoms with Crippen LogP contribution in [0, 0.1) is 18.3 Å². The van der Waals surface area contributed by atoms with E-state index in [0.717, 1.165) is 21.9 Å². The number of Topliss-reactive ketones (excluding diaryl/α,β-unsaturated/α-hetero) is 1. The summed E-state index contributed by atoms with van der Waals surface area (Å²) in [5, 5.41) is 5.41. The largest absolute Gasteiger partial charge is 0.545 e. The van der Waals surface area contributed by atoms with E-state index in [2.05, 4.69) is 4.98 Å². The molecule has 0 fully saturated rings. The Kier molecular flexibility index (Phi) is 5.09. The lowest BCUT2D eigenvalue weighted by Gasteiger charge is -2.17. The number of benzene rings is 1. The summed E-state index contributed by atoms with van der Waals surface area (Å²) >= 11 is 1.50. The fourth-order valence-electron chi connectivity index (χ4n) is 3.25. The lowest BCUT2D eigenvalue weighted by atomic mass is 10.0. The first-order valence-electron chi connectivity index (χ1n) is 9.61. The molecule has 30 heavy (non-hydrogen) atoms. The highest BCUT2D eigenvalue weighted by Crippen LogP contribution is 2.22. The highest BCUT2D eigenvalue weighted by molar-refractivity contribution is 7.81. The number of fused-ring (bicyclic) bond motifs is 1. The number of hydrogen-bond donors (Lipinski definition) is 1. The highest BCUT2D eigenvalue weighted by Gasteiger charge is 2.34. The zero-order chi connectivity index (χ0) is 21.5. The van der Waals surface area contributed by atoms with Crippen LogP contribution >= 0.6 is 0 Å². The van der Waals surface area contributed by atoms with Crippen molar-refractivity contribution in [3.63, 3.8) is 0 Å². The fourth-order valence-corrected chi connectivity index (χ4v) is 4.13. The molecule has 0 atom stereocenters. The van der Waals surface area contributed by atoms with Gasteiger partial charge in [-0.05, 0) is 44.0 Å². The minimum Gasteiger partial charge on any atom is -0.435 e. The van der Waals surface area contributed by atoms with Crippen molar-refractivity contribution < 1.29 is 24.2 Å². The van der Waals surface area contributed by atoms with Crippen molar-refractivity contribution in [2.45, 2.75) is 33.3 Å². The highest BCUT2D eigenvalue weighted by atomic mass is 32.1. The smallest absolute Gasteiger partial charge is 0.435 e. The standard InChI is InChI=1S/C23H23N3O3S/c1-14-7-8-16-17(12-26(19(16)10-14)22(28)29-23(2,3)4)20(27)18-13-30-21(25-18)15-6-5-9-24-11-15/h5-13H,25H2,1-4H3. The first-order chi connectivity index (χ1) is 14.2. The van der Waals surface area contributed by atoms with E-state index in [1.54, 1.807) is 18.6 Å². The summed E-state index contributed by atoms with van der Waals surface area (Å²) in [7, 11) is 0. The van der Waals surface area contributed by atoms with E-state index < -0.39 is 11.7 Å². The Morgan fingerprint density at radius 1 is 1.23 bits per heavy atom. The summed E-state index contributed by atoms with van der Waals surface area (Å²) < 4.78 is 6.97. The van der Waals surface area contributed by atoms with Crippen LogP contribution in [0.5, 0.6) is 0 Å². The van der Waals surface area contributed by atoms with E-state index in [0.29, 0.717) is 17.1 Å². The van der Waals surface area contributed by atoms with Gasteiger partial charge in [0.25, 0.3) is 5.37 Å². The van der Waals surface area contributed by atoms with E-state index in [-0.39, 0.29) is 5.78 Å². The number of aromatic nitrogens is 2. The third-order valence-electron chi connectivity index (χ3n) is 4.60. The minimum atomic E-state index is -0.631. The summed E-state index contributed by atoms with van der Waals surface area (Å²) in [5.41, 5.74) is 2.47. The summed E-state index contributed by atoms with van der Waals surface area (Å²) in [5.74, 6) is -0.127. The zero-order valence-electron chi connectivity index (χ0n) is 17.3. The van der Waals surface area contributed by atoms with Gasteiger partial charge in [-0.3, -0.25) is 0 Å². The quantitative estimate of drug-likeness (QED) is 0.231. The molecule has 1 aliphatic heterocycles. The summed E-state index contributed by atoms with van der Waals surface area (Å²) in [6.07, 6.45) is 4.58. The second kappa shape index (κ2) is 7.59. The van der Waals surface area contributed by atoms with Gasteiger partial charge in [-0.15, -0.1) is 18.2 Å². The molecule has 0 spiro atoms. The molecule has 1 aliphatic rings. The molecule has 3 aromatic rings. The molecular weight excluding hydrogens is 398 g/mol. The lowest BCUT2D eigenvalue weighted by molar-refractivity contribution is -0.580. The average molecular weight is 422 g/mol. The average Bonchev–Trinajstić information content (AvgIpc) is 3.32. The number of aryl methyl sites for hydroxylation is 1. The maximum Gasteiger partial charge on any atom is 0.545 e. The van der Waals surface area contributed by atoms with Crippen molar-refractivity contribution in [3.8, 4) is 0 Å². The van der Waals surface area contributed by atoms with Gasteiger partial charge in [-0.25, -0.2) is 4.79 Å². The van der Waals surface area contributed by atoms with Gasteiger partial charge in [0.2, 0.25) is 0 Å². The van der Waals surface area contributed by atoms with Crippen LogP contribution in [-0.4, -0.2) is 27.8 Å². The van der Waals surface area contributed by atoms with Crippen LogP contribution in [0.25, 0.3) is 10.9 Å². The monoisotopic (exact) mass is 421 g/mol. The molecule has 6 nitrogen and oxygen atoms in total. The Morgan fingerprint density at radius 2 is 2.03 bits per heavy atom. The van der Waals surface area contributed by atoms with Gasteiger partial charge in [-0.2, -0.15) is 4.57 Å². The van der Waals surface area contributed by atoms with E-state index in [1.165, 1.54) is 15.9 Å². The van der Waals surface area contributed by atoms with Crippen LogP contribution in [0.2, 0.25) is 0 Å². The van der Waals surface area contributed by atoms with E-state index >= 15 is 0 Å². The second-order valence-electron chi connectivity index (χ2n) is 8.18. The first-order valence-corrected chi connectivity index (χ1v) is 10.5. The number of nitrogens with zero attached hydrogens (tertiary/aromatic N) is 2. The van der Waals surface area contributed by atoms with Crippen LogP contribution in [0.1, 0.15) is 42.3 Å². The molecule has 0 radical (unpaired) electrons. The SMILES string of the molecule is Cc1ccc2c(C(=O)[C-]3C=[S+][C-](c4cccnc4)[NH2+]3)c[n+](C(=O)OC(C)(C)C)[c-]2c1. The van der Waals surface area contributed by atoms with Gasteiger partial charge in [0.05, 0.1) is 6.04 Å². The van der Waals surface area contributed by atoms with Crippen LogP contribution in [-0.2, 0) is 16.1 Å². The number of ketones is 1. The predicted molar refractivity (Wildman–Crippen MR) is 116 cm³/mol. The van der Waals surface area contributed by atoms with Crippen LogP contribution < -0.4 is 9.88 Å². The molecule has 0 saturated heterocycles. The molecule has 0 unspecified atom stereocenters. The van der Waals surface area contributed by atoms with E-state index in [9.17, 15) is 9.59 Å². The van der Waals surface area contributed by atoms with Crippen molar-refractivity contribution in [2.75, 3.05) is 0 Å². The van der Waals surface area contributed by atoms with Crippen LogP contribution in [0.15, 0.2) is 48.9 Å². The van der Waals surface area contributed by atoms with E-state index in [4.69, 9.17) is 4.74 Å². The third-order valence-corrected chi connectivity index (χ3v) is 5.58. The Bertz CT molecular complexity index is 1150. The summed E-state index contributed by atoms with van der Waals surface area (Å²) in [4.78, 5) is 30.2. The Labute approximate surface area is 179 Å². The molecule has 3 heterocycles. The zero-order valence-corrected chi connectivity index (χ0v) is 18.1. The maximum atomic E-state index is 13.3. The molecule has 0 aliphatic carbocycles. The molecule has 2 N–H and O–H groups in total. The van der Waals surface area contributed by atoms with Crippen molar-refractivity contribution in [2.24, 2.45) is 0 Å². The molecule has 0 amide bonds. The van der Waals surface area contributed by atoms with Crippen molar-refractivity contribution in [3.05, 3.63) is 77.0 Å². The van der Waals surface area contributed by atoms with E-state index in [1.807, 2.05) is 68.7 Å². The van der Waals surface area contributed by atoms with Gasteiger partial charge in [0.1, 0.15) is 17.6 Å². The van der Waals surface area contributed by atoms with Crippen molar-refractivity contribution in [1.29, 1.82) is 0 Å². The van der Waals surface area contributed by atoms with Gasteiger partial charge in [0, 0.05) is 5.56 Å². The second-order valence-corrected chi connectivity index (χ2v) is 9.10. The van der Waals surface area contributed by atoms with Crippen molar-refractivity contribution >= 4 is 39.5 Å². The number of quaternary nitrogens is 1. The van der Waals surface area contributed by atoms with Crippen molar-refractivity contribution in [1.82, 2.24) is 4.98 Å². The molecular formula is C23H23N3O3S. The number of carbonyl (C=O) groups is 2. The number of rotatable bonds is 3. The number of hydrogen-bond acceptors (Lipinski definition) is 4. The minimum absolute atomic E-state index is 0.127. The number of ether oxygens (including phenoxy) is 1. The number of pyridine rings is 1. The Balaban J connectivity index is 1.67. The molecule has 0 bridgehead atoms. The van der Waals surface area contributed by atoms with Crippen LogP contribution in [0.4, 0.5) is 4.79 Å². The molecule has 154 valence electrons. The Hall–Kier alpha value is -3.16. The first kappa shape index (κ1) is 20.1. The predicted octanol–water partition coefficient (Wildman–Crippen LogP) is 2.05. The van der Waals surface area contributed by atoms with Gasteiger partial charge in [-0.1, -0.05) is 24.8 Å².